The van der Waals surface area contributed by atoms with Gasteiger partial charge in [0, 0.05) is 5.69 Å². The Labute approximate surface area is 123 Å². The maximum absolute atomic E-state index is 11.3. The maximum Gasteiger partial charge on any atom is 0.337 e. The Morgan fingerprint density at radius 2 is 1.38 bits per heavy atom. The van der Waals surface area contributed by atoms with Gasteiger partial charge >= 0.3 is 5.97 Å². The molecule has 0 aromatic heterocycles. The van der Waals surface area contributed by atoms with Gasteiger partial charge < -0.3 is 19.9 Å². The minimum absolute atomic E-state index is 0.367. The van der Waals surface area contributed by atoms with Crippen LogP contribution in [0.3, 0.4) is 0 Å². The third-order valence-corrected chi connectivity index (χ3v) is 2.78. The molecule has 0 unspecified atom stereocenters. The molecule has 0 atom stereocenters. The quantitative estimate of drug-likeness (QED) is 0.502. The van der Waals surface area contributed by atoms with Crippen LogP contribution in [-0.2, 0) is 4.74 Å². The SMILES string of the molecule is COC(=O)c1ccc(OCCOc2ccc(N)cc2)cc1. The van der Waals surface area contributed by atoms with Crippen LogP contribution in [0, 0.1) is 0 Å². The third-order valence-electron chi connectivity index (χ3n) is 2.78. The minimum Gasteiger partial charge on any atom is -0.490 e. The average Bonchev–Trinajstić information content (AvgIpc) is 2.53. The van der Waals surface area contributed by atoms with E-state index in [4.69, 9.17) is 15.2 Å². The van der Waals surface area contributed by atoms with Gasteiger partial charge in [-0.3, -0.25) is 0 Å². The number of ether oxygens (including phenoxy) is 3. The van der Waals surface area contributed by atoms with Gasteiger partial charge in [-0.1, -0.05) is 0 Å². The number of nitrogens with two attached hydrogens (primary N) is 1. The number of anilines is 1. The number of rotatable bonds is 6. The highest BCUT2D eigenvalue weighted by molar-refractivity contribution is 5.89. The molecule has 0 amide bonds. The van der Waals surface area contributed by atoms with Gasteiger partial charge in [-0.25, -0.2) is 4.79 Å². The first kappa shape index (κ1) is 14.7. The molecule has 0 aliphatic rings. The molecule has 0 aliphatic carbocycles. The average molecular weight is 287 g/mol. The zero-order valence-corrected chi connectivity index (χ0v) is 11.7. The van der Waals surface area contributed by atoms with Crippen LogP contribution >= 0.6 is 0 Å². The number of benzene rings is 2. The van der Waals surface area contributed by atoms with Crippen molar-refractivity contribution in [2.75, 3.05) is 26.1 Å². The van der Waals surface area contributed by atoms with Crippen molar-refractivity contribution in [1.29, 1.82) is 0 Å². The number of hydrogen-bond acceptors (Lipinski definition) is 5. The van der Waals surface area contributed by atoms with Crippen LogP contribution in [0.2, 0.25) is 0 Å². The first-order chi connectivity index (χ1) is 10.2. The smallest absolute Gasteiger partial charge is 0.337 e. The van der Waals surface area contributed by atoms with Crippen molar-refractivity contribution < 1.29 is 19.0 Å². The molecule has 0 radical (unpaired) electrons. The van der Waals surface area contributed by atoms with E-state index in [9.17, 15) is 4.79 Å². The summed E-state index contributed by atoms with van der Waals surface area (Å²) in [5.41, 5.74) is 6.78. The standard InChI is InChI=1S/C16H17NO4/c1-19-16(18)12-2-6-14(7-3-12)20-10-11-21-15-8-4-13(17)5-9-15/h2-9H,10-11,17H2,1H3. The highest BCUT2D eigenvalue weighted by Crippen LogP contribution is 2.14. The van der Waals surface area contributed by atoms with E-state index in [0.29, 0.717) is 30.2 Å². The van der Waals surface area contributed by atoms with Crippen LogP contribution < -0.4 is 15.2 Å². The molecule has 21 heavy (non-hydrogen) atoms. The largest absolute Gasteiger partial charge is 0.490 e. The fraction of sp³-hybridized carbons (Fsp3) is 0.188. The van der Waals surface area contributed by atoms with E-state index in [1.54, 1.807) is 48.5 Å². The molecule has 110 valence electrons. The summed E-state index contributed by atoms with van der Waals surface area (Å²) in [6, 6.07) is 13.9. The summed E-state index contributed by atoms with van der Waals surface area (Å²) < 4.78 is 15.6. The summed E-state index contributed by atoms with van der Waals surface area (Å²) in [6.45, 7) is 0.824. The fourth-order valence-corrected chi connectivity index (χ4v) is 1.69. The summed E-state index contributed by atoms with van der Waals surface area (Å²) in [5, 5.41) is 0. The third kappa shape index (κ3) is 4.42. The van der Waals surface area contributed by atoms with E-state index in [-0.39, 0.29) is 5.97 Å². The van der Waals surface area contributed by atoms with Crippen LogP contribution in [0.4, 0.5) is 5.69 Å². The van der Waals surface area contributed by atoms with E-state index in [0.717, 1.165) is 5.75 Å². The second-order valence-corrected chi connectivity index (χ2v) is 4.28. The molecule has 2 N–H and O–H groups in total. The van der Waals surface area contributed by atoms with Gasteiger partial charge in [0.25, 0.3) is 0 Å². The van der Waals surface area contributed by atoms with E-state index in [1.807, 2.05) is 0 Å². The maximum atomic E-state index is 11.3. The Bertz CT molecular complexity index is 578. The summed E-state index contributed by atoms with van der Waals surface area (Å²) in [4.78, 5) is 11.3. The van der Waals surface area contributed by atoms with Crippen molar-refractivity contribution in [2.24, 2.45) is 0 Å². The lowest BCUT2D eigenvalue weighted by Gasteiger charge is -2.09. The highest BCUT2D eigenvalue weighted by atomic mass is 16.5. The lowest BCUT2D eigenvalue weighted by atomic mass is 10.2. The summed E-state index contributed by atoms with van der Waals surface area (Å²) >= 11 is 0. The molecule has 0 fully saturated rings. The van der Waals surface area contributed by atoms with Crippen molar-refractivity contribution in [2.45, 2.75) is 0 Å². The van der Waals surface area contributed by atoms with Crippen molar-refractivity contribution in [3.05, 3.63) is 54.1 Å². The fourth-order valence-electron chi connectivity index (χ4n) is 1.69. The van der Waals surface area contributed by atoms with E-state index in [1.165, 1.54) is 7.11 Å². The number of carbonyl (C=O) groups excluding carboxylic acids is 1. The topological polar surface area (TPSA) is 70.8 Å². The molecule has 0 spiro atoms. The Kier molecular flexibility index (Phi) is 5.04. The van der Waals surface area contributed by atoms with Crippen LogP contribution in [-0.4, -0.2) is 26.3 Å². The van der Waals surface area contributed by atoms with Crippen LogP contribution in [0.1, 0.15) is 10.4 Å². The molecule has 2 rings (SSSR count). The predicted octanol–water partition coefficient (Wildman–Crippen LogP) is 2.51. The Hall–Kier alpha value is -2.69. The molecular formula is C16H17NO4. The zero-order chi connectivity index (χ0) is 15.1. The molecular weight excluding hydrogens is 270 g/mol. The van der Waals surface area contributed by atoms with E-state index in [2.05, 4.69) is 4.74 Å². The molecule has 5 heteroatoms. The van der Waals surface area contributed by atoms with Crippen LogP contribution in [0.5, 0.6) is 11.5 Å². The Balaban J connectivity index is 1.75. The van der Waals surface area contributed by atoms with E-state index < -0.39 is 0 Å². The van der Waals surface area contributed by atoms with Gasteiger partial charge in [0.15, 0.2) is 0 Å². The lowest BCUT2D eigenvalue weighted by Crippen LogP contribution is -2.09. The summed E-state index contributed by atoms with van der Waals surface area (Å²) in [7, 11) is 1.35. The molecule has 2 aromatic rings. The van der Waals surface area contributed by atoms with Gasteiger partial charge in [-0.2, -0.15) is 0 Å². The first-order valence-electron chi connectivity index (χ1n) is 6.48. The van der Waals surface area contributed by atoms with Gasteiger partial charge in [-0.05, 0) is 48.5 Å². The highest BCUT2D eigenvalue weighted by Gasteiger charge is 2.04. The Morgan fingerprint density at radius 3 is 1.86 bits per heavy atom. The summed E-state index contributed by atoms with van der Waals surface area (Å²) in [5.74, 6) is 1.05. The molecule has 2 aromatic carbocycles. The Morgan fingerprint density at radius 1 is 0.905 bits per heavy atom. The number of nitrogen functional groups attached to an aromatic ring is 1. The summed E-state index contributed by atoms with van der Waals surface area (Å²) in [6.07, 6.45) is 0. The molecule has 0 bridgehead atoms. The van der Waals surface area contributed by atoms with Crippen molar-refractivity contribution in [3.63, 3.8) is 0 Å². The zero-order valence-electron chi connectivity index (χ0n) is 11.7. The second-order valence-electron chi connectivity index (χ2n) is 4.28. The van der Waals surface area contributed by atoms with Gasteiger partial charge in [0.2, 0.25) is 0 Å². The van der Waals surface area contributed by atoms with Gasteiger partial charge in [0.05, 0.1) is 12.7 Å². The van der Waals surface area contributed by atoms with Crippen molar-refractivity contribution in [3.8, 4) is 11.5 Å². The number of hydrogen-bond donors (Lipinski definition) is 1. The molecule has 0 saturated carbocycles. The van der Waals surface area contributed by atoms with Crippen molar-refractivity contribution in [1.82, 2.24) is 0 Å². The monoisotopic (exact) mass is 287 g/mol. The number of methoxy groups -OCH3 is 1. The minimum atomic E-state index is -0.367. The van der Waals surface area contributed by atoms with Gasteiger partial charge in [-0.15, -0.1) is 0 Å². The molecule has 5 nitrogen and oxygen atoms in total. The van der Waals surface area contributed by atoms with Gasteiger partial charge in [0.1, 0.15) is 24.7 Å². The number of carbonyl (C=O) groups is 1. The predicted molar refractivity (Wildman–Crippen MR) is 79.6 cm³/mol. The molecule has 0 heterocycles. The second kappa shape index (κ2) is 7.19. The first-order valence-corrected chi connectivity index (χ1v) is 6.48. The normalized spacial score (nSPS) is 9.95. The van der Waals surface area contributed by atoms with Crippen LogP contribution in [0.15, 0.2) is 48.5 Å². The van der Waals surface area contributed by atoms with Crippen LogP contribution in [0.25, 0.3) is 0 Å². The molecule has 0 saturated heterocycles. The van der Waals surface area contributed by atoms with E-state index >= 15 is 0 Å². The molecule has 0 aliphatic heterocycles. The lowest BCUT2D eigenvalue weighted by molar-refractivity contribution is 0.0600. The number of esters is 1. The van der Waals surface area contributed by atoms with Crippen molar-refractivity contribution >= 4 is 11.7 Å².